The molecule has 1 aromatic rings. The molecule has 0 atom stereocenters. The Balaban J connectivity index is 2.26. The number of amides is 2. The number of rotatable bonds is 1. The molecule has 0 aliphatic carbocycles. The van der Waals surface area contributed by atoms with E-state index in [2.05, 4.69) is 5.10 Å². The molecule has 0 N–H and O–H groups in total. The van der Waals surface area contributed by atoms with Gasteiger partial charge in [-0.2, -0.15) is 18.3 Å². The summed E-state index contributed by atoms with van der Waals surface area (Å²) < 4.78 is 40.2. The van der Waals surface area contributed by atoms with Gasteiger partial charge >= 0.3 is 6.18 Å². The van der Waals surface area contributed by atoms with Crippen LogP contribution in [0.4, 0.5) is 13.2 Å². The minimum Gasteiger partial charge on any atom is -0.339 e. The van der Waals surface area contributed by atoms with Gasteiger partial charge in [0.15, 0.2) is 5.69 Å². The number of aromatic nitrogens is 2. The molecule has 2 heterocycles. The zero-order valence-corrected chi connectivity index (χ0v) is 12.6. The number of aryl methyl sites for hydroxylation is 1. The fourth-order valence-corrected chi connectivity index (χ4v) is 2.45. The number of hydrogen-bond donors (Lipinski definition) is 0. The fourth-order valence-electron chi connectivity index (χ4n) is 2.45. The van der Waals surface area contributed by atoms with E-state index in [-0.39, 0.29) is 24.7 Å². The smallest absolute Gasteiger partial charge is 0.339 e. The SMILES string of the molecule is CC(=O)N1CCN(C(=O)c2c(C(F)(F)F)nn(C)c2C)CC1. The summed E-state index contributed by atoms with van der Waals surface area (Å²) >= 11 is 0. The molecule has 2 amide bonds. The predicted molar refractivity (Wildman–Crippen MR) is 71.1 cm³/mol. The van der Waals surface area contributed by atoms with Gasteiger partial charge < -0.3 is 9.80 Å². The van der Waals surface area contributed by atoms with Crippen molar-refractivity contribution in [1.82, 2.24) is 19.6 Å². The first kappa shape index (κ1) is 16.3. The van der Waals surface area contributed by atoms with E-state index in [9.17, 15) is 22.8 Å². The lowest BCUT2D eigenvalue weighted by atomic mass is 10.1. The summed E-state index contributed by atoms with van der Waals surface area (Å²) in [6.07, 6.45) is -4.68. The van der Waals surface area contributed by atoms with Gasteiger partial charge in [0.1, 0.15) is 0 Å². The number of nitrogens with zero attached hydrogens (tertiary/aromatic N) is 4. The van der Waals surface area contributed by atoms with E-state index in [1.54, 1.807) is 4.90 Å². The summed E-state index contributed by atoms with van der Waals surface area (Å²) in [5.41, 5.74) is -1.40. The van der Waals surface area contributed by atoms with Crippen LogP contribution in [0, 0.1) is 6.92 Å². The van der Waals surface area contributed by atoms with E-state index < -0.39 is 23.3 Å². The van der Waals surface area contributed by atoms with Crippen LogP contribution in [0.2, 0.25) is 0 Å². The Bertz CT molecular complexity index is 601. The molecule has 9 heteroatoms. The molecule has 1 aliphatic heterocycles. The molecule has 0 bridgehead atoms. The molecule has 1 saturated heterocycles. The van der Waals surface area contributed by atoms with E-state index in [0.717, 1.165) is 4.68 Å². The van der Waals surface area contributed by atoms with Crippen molar-refractivity contribution >= 4 is 11.8 Å². The molecular weight excluding hydrogens is 301 g/mol. The minimum atomic E-state index is -4.68. The van der Waals surface area contributed by atoms with Gasteiger partial charge in [-0.05, 0) is 6.92 Å². The molecule has 6 nitrogen and oxygen atoms in total. The Kier molecular flexibility index (Phi) is 4.17. The minimum absolute atomic E-state index is 0.111. The van der Waals surface area contributed by atoms with Gasteiger partial charge in [0.05, 0.1) is 5.56 Å². The molecule has 2 rings (SSSR count). The molecule has 1 fully saturated rings. The molecule has 122 valence electrons. The van der Waals surface area contributed by atoms with Crippen molar-refractivity contribution < 1.29 is 22.8 Å². The molecule has 0 saturated carbocycles. The summed E-state index contributed by atoms with van der Waals surface area (Å²) in [6, 6.07) is 0. The van der Waals surface area contributed by atoms with Crippen molar-refractivity contribution in [2.24, 2.45) is 7.05 Å². The number of piperazine rings is 1. The second-order valence-corrected chi connectivity index (χ2v) is 5.23. The van der Waals surface area contributed by atoms with Crippen LogP contribution < -0.4 is 0 Å². The zero-order valence-electron chi connectivity index (χ0n) is 12.6. The number of hydrogen-bond acceptors (Lipinski definition) is 3. The Labute approximate surface area is 125 Å². The number of carbonyl (C=O) groups is 2. The maximum absolute atomic E-state index is 13.0. The Hall–Kier alpha value is -2.06. The maximum atomic E-state index is 13.0. The Morgan fingerprint density at radius 2 is 1.59 bits per heavy atom. The molecule has 0 aromatic carbocycles. The van der Waals surface area contributed by atoms with Crippen molar-refractivity contribution in [3.63, 3.8) is 0 Å². The quantitative estimate of drug-likeness (QED) is 0.778. The summed E-state index contributed by atoms with van der Waals surface area (Å²) in [6.45, 7) is 3.92. The summed E-state index contributed by atoms with van der Waals surface area (Å²) in [5.74, 6) is -0.804. The first-order valence-electron chi connectivity index (χ1n) is 6.78. The molecule has 1 aliphatic rings. The highest BCUT2D eigenvalue weighted by Gasteiger charge is 2.41. The molecule has 22 heavy (non-hydrogen) atoms. The zero-order chi connectivity index (χ0) is 16.7. The van der Waals surface area contributed by atoms with Gasteiger partial charge in [0.25, 0.3) is 5.91 Å². The van der Waals surface area contributed by atoms with Crippen LogP contribution in [0.3, 0.4) is 0 Å². The summed E-state index contributed by atoms with van der Waals surface area (Å²) in [4.78, 5) is 26.6. The first-order valence-corrected chi connectivity index (χ1v) is 6.78. The van der Waals surface area contributed by atoms with Gasteiger partial charge in [-0.3, -0.25) is 14.3 Å². The normalized spacial score (nSPS) is 16.1. The second-order valence-electron chi connectivity index (χ2n) is 5.23. The van der Waals surface area contributed by atoms with Crippen LogP contribution in [0.15, 0.2) is 0 Å². The van der Waals surface area contributed by atoms with Gasteiger partial charge in [0, 0.05) is 45.8 Å². The first-order chi connectivity index (χ1) is 10.1. The highest BCUT2D eigenvalue weighted by molar-refractivity contribution is 5.96. The predicted octanol–water partition coefficient (Wildman–Crippen LogP) is 1.05. The Morgan fingerprint density at radius 1 is 1.09 bits per heavy atom. The second kappa shape index (κ2) is 5.62. The number of halogens is 3. The van der Waals surface area contributed by atoms with Crippen LogP contribution in [0.25, 0.3) is 0 Å². The molecule has 0 radical (unpaired) electrons. The third kappa shape index (κ3) is 2.93. The van der Waals surface area contributed by atoms with Gasteiger partial charge in [-0.15, -0.1) is 0 Å². The molecule has 0 unspecified atom stereocenters. The maximum Gasteiger partial charge on any atom is 0.435 e. The van der Waals surface area contributed by atoms with E-state index >= 15 is 0 Å². The van der Waals surface area contributed by atoms with Crippen molar-refractivity contribution in [1.29, 1.82) is 0 Å². The van der Waals surface area contributed by atoms with Crippen molar-refractivity contribution in [3.8, 4) is 0 Å². The van der Waals surface area contributed by atoms with Crippen molar-refractivity contribution in [2.45, 2.75) is 20.0 Å². The average molecular weight is 318 g/mol. The lowest BCUT2D eigenvalue weighted by molar-refractivity contribution is -0.141. The lowest BCUT2D eigenvalue weighted by Crippen LogP contribution is -2.50. The highest BCUT2D eigenvalue weighted by Crippen LogP contribution is 2.33. The third-order valence-electron chi connectivity index (χ3n) is 3.83. The summed E-state index contributed by atoms with van der Waals surface area (Å²) in [7, 11) is 1.37. The largest absolute Gasteiger partial charge is 0.435 e. The van der Waals surface area contributed by atoms with Crippen LogP contribution in [-0.2, 0) is 18.0 Å². The van der Waals surface area contributed by atoms with Gasteiger partial charge in [-0.1, -0.05) is 0 Å². The summed E-state index contributed by atoms with van der Waals surface area (Å²) in [5, 5.41) is 3.42. The van der Waals surface area contributed by atoms with E-state index in [1.165, 1.54) is 25.8 Å². The molecule has 0 spiro atoms. The van der Waals surface area contributed by atoms with Crippen LogP contribution in [-0.4, -0.2) is 57.6 Å². The lowest BCUT2D eigenvalue weighted by Gasteiger charge is -2.34. The topological polar surface area (TPSA) is 58.4 Å². The molecule has 1 aromatic heterocycles. The van der Waals surface area contributed by atoms with Gasteiger partial charge in [-0.25, -0.2) is 0 Å². The van der Waals surface area contributed by atoms with E-state index in [0.29, 0.717) is 13.1 Å². The Morgan fingerprint density at radius 3 is 2.05 bits per heavy atom. The van der Waals surface area contributed by atoms with E-state index in [4.69, 9.17) is 0 Å². The van der Waals surface area contributed by atoms with Gasteiger partial charge in [0.2, 0.25) is 5.91 Å². The molecular formula is C13H17F3N4O2. The van der Waals surface area contributed by atoms with Crippen LogP contribution in [0.1, 0.15) is 28.7 Å². The number of carbonyl (C=O) groups excluding carboxylic acids is 2. The third-order valence-corrected chi connectivity index (χ3v) is 3.83. The highest BCUT2D eigenvalue weighted by atomic mass is 19.4. The monoisotopic (exact) mass is 318 g/mol. The fraction of sp³-hybridized carbons (Fsp3) is 0.615. The van der Waals surface area contributed by atoms with Crippen LogP contribution >= 0.6 is 0 Å². The van der Waals surface area contributed by atoms with E-state index in [1.807, 2.05) is 0 Å². The number of alkyl halides is 3. The average Bonchev–Trinajstić information content (AvgIpc) is 2.74. The van der Waals surface area contributed by atoms with Crippen molar-refractivity contribution in [3.05, 3.63) is 17.0 Å². The standard InChI is InChI=1S/C13H17F3N4O2/c1-8-10(11(13(14,15)16)17-18(8)3)12(22)20-6-4-19(5-7-20)9(2)21/h4-7H2,1-3H3. The van der Waals surface area contributed by atoms with Crippen molar-refractivity contribution in [2.75, 3.05) is 26.2 Å². The van der Waals surface area contributed by atoms with Crippen LogP contribution in [0.5, 0.6) is 0 Å².